The summed E-state index contributed by atoms with van der Waals surface area (Å²) in [7, 11) is -3.43. The summed E-state index contributed by atoms with van der Waals surface area (Å²) in [6, 6.07) is 7.44. The Kier molecular flexibility index (Phi) is 6.40. The van der Waals surface area contributed by atoms with Crippen LogP contribution in [0.15, 0.2) is 30.5 Å². The van der Waals surface area contributed by atoms with E-state index in [1.807, 2.05) is 6.07 Å². The molecule has 1 N–H and O–H groups in total. The molecule has 168 valence electrons. The molecule has 0 atom stereocenters. The molecular formula is C20H27ClN6O3S. The van der Waals surface area contributed by atoms with Crippen molar-refractivity contribution < 1.29 is 13.2 Å². The van der Waals surface area contributed by atoms with E-state index in [0.29, 0.717) is 13.1 Å². The fourth-order valence-electron chi connectivity index (χ4n) is 4.01. The van der Waals surface area contributed by atoms with Crippen LogP contribution in [0.4, 0.5) is 16.3 Å². The molecule has 0 radical (unpaired) electrons. The molecule has 0 unspecified atom stereocenters. The van der Waals surface area contributed by atoms with Crippen LogP contribution in [-0.2, 0) is 16.6 Å². The van der Waals surface area contributed by atoms with Gasteiger partial charge in [0, 0.05) is 68.8 Å². The summed E-state index contributed by atoms with van der Waals surface area (Å²) in [5.41, 5.74) is 2.33. The molecule has 2 saturated heterocycles. The lowest BCUT2D eigenvalue weighted by atomic mass is 10.1. The Morgan fingerprint density at radius 2 is 1.81 bits per heavy atom. The van der Waals surface area contributed by atoms with Crippen molar-refractivity contribution in [1.29, 1.82) is 0 Å². The Bertz CT molecular complexity index is 1040. The van der Waals surface area contributed by atoms with E-state index in [1.54, 1.807) is 4.90 Å². The van der Waals surface area contributed by atoms with Crippen LogP contribution < -0.4 is 9.62 Å². The van der Waals surface area contributed by atoms with Crippen LogP contribution in [-0.4, -0.2) is 79.6 Å². The number of nitrogens with zero attached hydrogens (tertiary/aromatic N) is 5. The quantitative estimate of drug-likeness (QED) is 0.727. The second-order valence-corrected chi connectivity index (χ2v) is 10.2. The number of halogens is 1. The Balaban J connectivity index is 1.34. The van der Waals surface area contributed by atoms with Gasteiger partial charge in [0.2, 0.25) is 10.0 Å². The summed E-state index contributed by atoms with van der Waals surface area (Å²) in [6.07, 6.45) is 4.97. The number of anilines is 2. The molecule has 1 aromatic heterocycles. The maximum Gasteiger partial charge on any atom is 0.344 e. The molecule has 2 fully saturated rings. The van der Waals surface area contributed by atoms with E-state index in [4.69, 9.17) is 11.6 Å². The average Bonchev–Trinajstić information content (AvgIpc) is 3.41. The molecule has 0 saturated carbocycles. The van der Waals surface area contributed by atoms with E-state index in [0.717, 1.165) is 49.6 Å². The van der Waals surface area contributed by atoms with Gasteiger partial charge in [-0.25, -0.2) is 13.2 Å². The van der Waals surface area contributed by atoms with Crippen molar-refractivity contribution in [3.05, 3.63) is 41.0 Å². The van der Waals surface area contributed by atoms with Gasteiger partial charge in [0.1, 0.15) is 0 Å². The van der Waals surface area contributed by atoms with Crippen LogP contribution >= 0.6 is 11.6 Å². The van der Waals surface area contributed by atoms with Gasteiger partial charge in [0.15, 0.2) is 5.82 Å². The highest BCUT2D eigenvalue weighted by atomic mass is 35.5. The Hall–Kier alpha value is -2.30. The van der Waals surface area contributed by atoms with Crippen LogP contribution in [0.3, 0.4) is 0 Å². The number of rotatable bonds is 5. The molecule has 3 heterocycles. The lowest BCUT2D eigenvalue weighted by Gasteiger charge is -2.34. The van der Waals surface area contributed by atoms with Crippen LogP contribution in [0.25, 0.3) is 0 Å². The van der Waals surface area contributed by atoms with Gasteiger partial charge in [-0.2, -0.15) is 4.68 Å². The molecule has 1 aromatic carbocycles. The number of hydrogen-bond acceptors (Lipinski definition) is 6. The monoisotopic (exact) mass is 466 g/mol. The summed E-state index contributed by atoms with van der Waals surface area (Å²) < 4.78 is 26.1. The molecule has 2 aliphatic heterocycles. The molecule has 2 aromatic rings. The maximum absolute atomic E-state index is 12.7. The first-order valence-corrected chi connectivity index (χ1v) is 12.6. The van der Waals surface area contributed by atoms with E-state index in [1.165, 1.54) is 35.5 Å². The van der Waals surface area contributed by atoms with Crippen LogP contribution in [0, 0.1) is 0 Å². The normalized spacial score (nSPS) is 17.9. The average molecular weight is 467 g/mol. The largest absolute Gasteiger partial charge is 0.372 e. The van der Waals surface area contributed by atoms with Crippen molar-refractivity contribution in [3.8, 4) is 0 Å². The second kappa shape index (κ2) is 9.05. The van der Waals surface area contributed by atoms with E-state index in [-0.39, 0.29) is 11.8 Å². The summed E-state index contributed by atoms with van der Waals surface area (Å²) in [5, 5.41) is 4.78. The van der Waals surface area contributed by atoms with Crippen molar-refractivity contribution in [2.75, 3.05) is 55.1 Å². The van der Waals surface area contributed by atoms with Crippen molar-refractivity contribution >= 4 is 39.2 Å². The molecule has 11 heteroatoms. The van der Waals surface area contributed by atoms with Gasteiger partial charge in [-0.15, -0.1) is 5.10 Å². The van der Waals surface area contributed by atoms with Crippen molar-refractivity contribution in [2.24, 2.45) is 0 Å². The first kappa shape index (κ1) is 21.9. The zero-order valence-electron chi connectivity index (χ0n) is 17.5. The lowest BCUT2D eigenvalue weighted by Crippen LogP contribution is -2.49. The van der Waals surface area contributed by atoms with Crippen LogP contribution in [0.1, 0.15) is 18.4 Å². The second-order valence-electron chi connectivity index (χ2n) is 8.04. The van der Waals surface area contributed by atoms with E-state index in [9.17, 15) is 13.2 Å². The number of piperazine rings is 1. The molecule has 2 aliphatic rings. The third-order valence-corrected chi connectivity index (χ3v) is 6.56. The Morgan fingerprint density at radius 3 is 2.48 bits per heavy atom. The zero-order valence-corrected chi connectivity index (χ0v) is 19.1. The van der Waals surface area contributed by atoms with Crippen LogP contribution in [0.5, 0.6) is 0 Å². The molecule has 4 rings (SSSR count). The number of hydrogen-bond donors (Lipinski definition) is 1. The predicted octanol–water partition coefficient (Wildman–Crippen LogP) is 2.29. The first-order chi connectivity index (χ1) is 14.8. The molecular weight excluding hydrogens is 440 g/mol. The standard InChI is InChI=1S/C20H27ClN6O3S/c1-31(29,30)23-19-6-9-27(22-19)20(28)26-12-10-24(11-13-26)15-16-14-17(4-5-18(16)21)25-7-2-3-8-25/h4-6,9,14H,2-3,7-8,10-13,15H2,1H3,(H,22,23). The predicted molar refractivity (Wildman–Crippen MR) is 121 cm³/mol. The van der Waals surface area contributed by atoms with Gasteiger partial charge in [-0.1, -0.05) is 11.6 Å². The number of amides is 1. The highest BCUT2D eigenvalue weighted by Crippen LogP contribution is 2.27. The van der Waals surface area contributed by atoms with Gasteiger partial charge < -0.3 is 9.80 Å². The van der Waals surface area contributed by atoms with Gasteiger partial charge in [-0.3, -0.25) is 9.62 Å². The van der Waals surface area contributed by atoms with Gasteiger partial charge >= 0.3 is 6.03 Å². The minimum atomic E-state index is -3.43. The molecule has 9 nitrogen and oxygen atoms in total. The smallest absolute Gasteiger partial charge is 0.344 e. The highest BCUT2D eigenvalue weighted by Gasteiger charge is 2.24. The number of carbonyl (C=O) groups is 1. The van der Waals surface area contributed by atoms with Gasteiger partial charge in [-0.05, 0) is 36.6 Å². The van der Waals surface area contributed by atoms with E-state index < -0.39 is 10.0 Å². The highest BCUT2D eigenvalue weighted by molar-refractivity contribution is 7.92. The van der Waals surface area contributed by atoms with Crippen molar-refractivity contribution in [3.63, 3.8) is 0 Å². The summed E-state index contributed by atoms with van der Waals surface area (Å²) >= 11 is 6.46. The zero-order chi connectivity index (χ0) is 22.0. The lowest BCUT2D eigenvalue weighted by molar-refractivity contribution is 0.134. The minimum Gasteiger partial charge on any atom is -0.372 e. The Labute approximate surface area is 187 Å². The molecule has 0 bridgehead atoms. The number of benzene rings is 1. The maximum atomic E-state index is 12.7. The summed E-state index contributed by atoms with van der Waals surface area (Å²) in [4.78, 5) is 19.1. The summed E-state index contributed by atoms with van der Waals surface area (Å²) in [6.45, 7) is 5.52. The fraction of sp³-hybridized carbons (Fsp3) is 0.500. The third kappa shape index (κ3) is 5.50. The van der Waals surface area contributed by atoms with Gasteiger partial charge in [0.25, 0.3) is 0 Å². The number of aromatic nitrogens is 2. The fourth-order valence-corrected chi connectivity index (χ4v) is 4.68. The number of sulfonamides is 1. The molecule has 31 heavy (non-hydrogen) atoms. The number of nitrogens with one attached hydrogen (secondary N) is 1. The minimum absolute atomic E-state index is 0.127. The molecule has 0 spiro atoms. The van der Waals surface area contributed by atoms with Crippen molar-refractivity contribution in [2.45, 2.75) is 19.4 Å². The number of carbonyl (C=O) groups excluding carboxylic acids is 1. The molecule has 0 aliphatic carbocycles. The van der Waals surface area contributed by atoms with Gasteiger partial charge in [0.05, 0.1) is 6.26 Å². The third-order valence-electron chi connectivity index (χ3n) is 5.61. The SMILES string of the molecule is CS(=O)(=O)Nc1ccn(C(=O)N2CCN(Cc3cc(N4CCCC4)ccc3Cl)CC2)n1. The van der Waals surface area contributed by atoms with Crippen LogP contribution in [0.2, 0.25) is 5.02 Å². The first-order valence-electron chi connectivity index (χ1n) is 10.4. The molecule has 1 amide bonds. The van der Waals surface area contributed by atoms with E-state index in [2.05, 4.69) is 31.8 Å². The van der Waals surface area contributed by atoms with Crippen molar-refractivity contribution in [1.82, 2.24) is 19.6 Å². The topological polar surface area (TPSA) is 90.8 Å². The Morgan fingerprint density at radius 1 is 1.10 bits per heavy atom. The summed E-state index contributed by atoms with van der Waals surface area (Å²) in [5.74, 6) is 0.127. The van der Waals surface area contributed by atoms with E-state index >= 15 is 0 Å².